The van der Waals surface area contributed by atoms with Crippen LogP contribution in [0.2, 0.25) is 0 Å². The molecule has 36 heavy (non-hydrogen) atoms. The highest BCUT2D eigenvalue weighted by Crippen LogP contribution is 2.24. The molecular weight excluding hydrogens is 459 g/mol. The van der Waals surface area contributed by atoms with Gasteiger partial charge in [0.05, 0.1) is 18.2 Å². The van der Waals surface area contributed by atoms with Crippen LogP contribution in [0.3, 0.4) is 0 Å². The molecule has 1 amide bonds. The summed E-state index contributed by atoms with van der Waals surface area (Å²) in [5.74, 6) is 0.0196. The quantitative estimate of drug-likeness (QED) is 0.373. The Kier molecular flexibility index (Phi) is 6.95. The lowest BCUT2D eigenvalue weighted by atomic mass is 9.96. The van der Waals surface area contributed by atoms with Crippen molar-refractivity contribution in [1.82, 2.24) is 15.0 Å². The summed E-state index contributed by atoms with van der Waals surface area (Å²) < 4.78 is 18.6. The lowest BCUT2D eigenvalue weighted by molar-refractivity contribution is -0.121. The largest absolute Gasteiger partial charge is 0.338 e. The maximum atomic E-state index is 13.2. The molecule has 0 spiro atoms. The summed E-state index contributed by atoms with van der Waals surface area (Å²) in [5.41, 5.74) is 2.21. The number of anilines is 1. The molecule has 1 aliphatic rings. The predicted octanol–water partition coefficient (Wildman–Crippen LogP) is 4.96. The lowest BCUT2D eigenvalue weighted by Crippen LogP contribution is -2.40. The molecule has 5 rings (SSSR count). The molecular formula is C28H25FN4O3. The van der Waals surface area contributed by atoms with Crippen molar-refractivity contribution in [2.24, 2.45) is 5.92 Å². The van der Waals surface area contributed by atoms with E-state index < -0.39 is 0 Å². The molecule has 1 fully saturated rings. The Bertz CT molecular complexity index is 1350. The lowest BCUT2D eigenvalue weighted by Gasteiger charge is -2.31. The standard InChI is InChI=1S/C28H25FN4O3/c29-22-14-12-20(13-15-22)27-31-25(36-32-27)18-33-16-6-9-21(17-33)28(35)30-24-11-5-4-10-23(24)26(34)19-7-2-1-3-8-19/h1-5,7-8,10-15,21H,6,9,16-18H2,(H,30,35). The van der Waals surface area contributed by atoms with Crippen LogP contribution in [0.25, 0.3) is 11.4 Å². The molecule has 8 heteroatoms. The Morgan fingerprint density at radius 1 is 1.00 bits per heavy atom. The molecule has 1 saturated heterocycles. The van der Waals surface area contributed by atoms with E-state index in [0.717, 1.165) is 19.4 Å². The van der Waals surface area contributed by atoms with Crippen LogP contribution < -0.4 is 5.32 Å². The fourth-order valence-corrected chi connectivity index (χ4v) is 4.41. The van der Waals surface area contributed by atoms with Crippen molar-refractivity contribution < 1.29 is 18.5 Å². The van der Waals surface area contributed by atoms with E-state index in [4.69, 9.17) is 4.52 Å². The first-order valence-electron chi connectivity index (χ1n) is 11.9. The van der Waals surface area contributed by atoms with Crippen molar-refractivity contribution in [3.05, 3.63) is 102 Å². The highest BCUT2D eigenvalue weighted by molar-refractivity contribution is 6.13. The number of amides is 1. The molecule has 0 radical (unpaired) electrons. The normalized spacial score (nSPS) is 16.0. The van der Waals surface area contributed by atoms with Crippen LogP contribution in [0.1, 0.15) is 34.7 Å². The number of ketones is 1. The second kappa shape index (κ2) is 10.6. The number of nitrogens with one attached hydrogen (secondary N) is 1. The SMILES string of the molecule is O=C(c1ccccc1)c1ccccc1NC(=O)C1CCCN(Cc2nc(-c3ccc(F)cc3)no2)C1. The van der Waals surface area contributed by atoms with Gasteiger partial charge in [0.2, 0.25) is 17.6 Å². The second-order valence-electron chi connectivity index (χ2n) is 8.82. The van der Waals surface area contributed by atoms with Crippen LogP contribution in [0.15, 0.2) is 83.4 Å². The van der Waals surface area contributed by atoms with Gasteiger partial charge in [0, 0.05) is 23.2 Å². The predicted molar refractivity (Wildman–Crippen MR) is 133 cm³/mol. The number of hydrogen-bond acceptors (Lipinski definition) is 6. The molecule has 3 aromatic carbocycles. The number of benzene rings is 3. The first kappa shape index (κ1) is 23.6. The molecule has 7 nitrogen and oxygen atoms in total. The molecule has 2 heterocycles. The van der Waals surface area contributed by atoms with Gasteiger partial charge in [-0.05, 0) is 55.8 Å². The van der Waals surface area contributed by atoms with E-state index in [0.29, 0.717) is 47.2 Å². The Labute approximate surface area is 207 Å². The van der Waals surface area contributed by atoms with Crippen LogP contribution in [0.5, 0.6) is 0 Å². The molecule has 1 aliphatic heterocycles. The minimum Gasteiger partial charge on any atom is -0.338 e. The maximum Gasteiger partial charge on any atom is 0.241 e. The van der Waals surface area contributed by atoms with Crippen LogP contribution in [0, 0.1) is 11.7 Å². The molecule has 0 aliphatic carbocycles. The molecule has 1 N–H and O–H groups in total. The van der Waals surface area contributed by atoms with Gasteiger partial charge in [0.1, 0.15) is 5.82 Å². The van der Waals surface area contributed by atoms with Crippen molar-refractivity contribution in [2.45, 2.75) is 19.4 Å². The van der Waals surface area contributed by atoms with Crippen molar-refractivity contribution in [3.63, 3.8) is 0 Å². The van der Waals surface area contributed by atoms with Gasteiger partial charge in [-0.2, -0.15) is 4.98 Å². The van der Waals surface area contributed by atoms with Gasteiger partial charge in [0.25, 0.3) is 0 Å². The van der Waals surface area contributed by atoms with Crippen LogP contribution in [0.4, 0.5) is 10.1 Å². The van der Waals surface area contributed by atoms with E-state index in [-0.39, 0.29) is 23.4 Å². The number of carbonyl (C=O) groups is 2. The van der Waals surface area contributed by atoms with E-state index in [1.54, 1.807) is 48.5 Å². The fourth-order valence-electron chi connectivity index (χ4n) is 4.41. The smallest absolute Gasteiger partial charge is 0.241 e. The van der Waals surface area contributed by atoms with Crippen molar-refractivity contribution in [2.75, 3.05) is 18.4 Å². The van der Waals surface area contributed by atoms with Gasteiger partial charge in [-0.1, -0.05) is 47.6 Å². The third-order valence-electron chi connectivity index (χ3n) is 6.27. The van der Waals surface area contributed by atoms with Crippen LogP contribution in [-0.4, -0.2) is 39.8 Å². The van der Waals surface area contributed by atoms with Gasteiger partial charge in [0.15, 0.2) is 5.78 Å². The summed E-state index contributed by atoms with van der Waals surface area (Å²) in [6.07, 6.45) is 1.60. The van der Waals surface area contributed by atoms with E-state index in [1.165, 1.54) is 12.1 Å². The van der Waals surface area contributed by atoms with E-state index in [9.17, 15) is 14.0 Å². The molecule has 0 saturated carbocycles. The van der Waals surface area contributed by atoms with E-state index in [1.807, 2.05) is 18.2 Å². The summed E-state index contributed by atoms with van der Waals surface area (Å²) in [5, 5.41) is 6.97. The first-order valence-corrected chi connectivity index (χ1v) is 11.9. The third-order valence-corrected chi connectivity index (χ3v) is 6.27. The number of hydrogen-bond donors (Lipinski definition) is 1. The monoisotopic (exact) mass is 484 g/mol. The molecule has 182 valence electrons. The highest BCUT2D eigenvalue weighted by atomic mass is 19.1. The first-order chi connectivity index (χ1) is 17.6. The summed E-state index contributed by atoms with van der Waals surface area (Å²) in [6, 6.07) is 22.0. The number of para-hydroxylation sites is 1. The summed E-state index contributed by atoms with van der Waals surface area (Å²) in [7, 11) is 0. The average Bonchev–Trinajstić information content (AvgIpc) is 3.38. The highest BCUT2D eigenvalue weighted by Gasteiger charge is 2.28. The van der Waals surface area contributed by atoms with Crippen LogP contribution >= 0.6 is 0 Å². The number of rotatable bonds is 7. The van der Waals surface area contributed by atoms with Gasteiger partial charge < -0.3 is 9.84 Å². The average molecular weight is 485 g/mol. The zero-order valence-corrected chi connectivity index (χ0v) is 19.6. The molecule has 1 unspecified atom stereocenters. The van der Waals surface area contributed by atoms with Gasteiger partial charge >= 0.3 is 0 Å². The zero-order valence-electron chi connectivity index (χ0n) is 19.6. The second-order valence-corrected chi connectivity index (χ2v) is 8.82. The Hall–Kier alpha value is -4.17. The number of carbonyl (C=O) groups excluding carboxylic acids is 2. The molecule has 1 aromatic heterocycles. The Balaban J connectivity index is 1.23. The number of piperidine rings is 1. The topological polar surface area (TPSA) is 88.3 Å². The zero-order chi connectivity index (χ0) is 24.9. The van der Waals surface area contributed by atoms with Gasteiger partial charge in [-0.15, -0.1) is 0 Å². The number of halogens is 1. The van der Waals surface area contributed by atoms with Crippen LogP contribution in [-0.2, 0) is 11.3 Å². The van der Waals surface area contributed by atoms with Gasteiger partial charge in [-0.3, -0.25) is 14.5 Å². The van der Waals surface area contributed by atoms with E-state index in [2.05, 4.69) is 20.4 Å². The summed E-state index contributed by atoms with van der Waals surface area (Å²) >= 11 is 0. The maximum absolute atomic E-state index is 13.2. The van der Waals surface area contributed by atoms with Crippen molar-refractivity contribution in [3.8, 4) is 11.4 Å². The summed E-state index contributed by atoms with van der Waals surface area (Å²) in [4.78, 5) is 32.7. The number of aromatic nitrogens is 2. The number of likely N-dealkylation sites (tertiary alicyclic amines) is 1. The summed E-state index contributed by atoms with van der Waals surface area (Å²) in [6.45, 7) is 1.76. The third kappa shape index (κ3) is 5.39. The Morgan fingerprint density at radius 3 is 2.56 bits per heavy atom. The Morgan fingerprint density at radius 2 is 1.75 bits per heavy atom. The fraction of sp³-hybridized carbons (Fsp3) is 0.214. The minimum absolute atomic E-state index is 0.120. The number of nitrogens with zero attached hydrogens (tertiary/aromatic N) is 3. The van der Waals surface area contributed by atoms with Gasteiger partial charge in [-0.25, -0.2) is 4.39 Å². The van der Waals surface area contributed by atoms with E-state index >= 15 is 0 Å². The van der Waals surface area contributed by atoms with Crippen molar-refractivity contribution >= 4 is 17.4 Å². The molecule has 4 aromatic rings. The van der Waals surface area contributed by atoms with Crippen molar-refractivity contribution in [1.29, 1.82) is 0 Å². The molecule has 1 atom stereocenters. The molecule has 0 bridgehead atoms. The minimum atomic E-state index is -0.327.